The summed E-state index contributed by atoms with van der Waals surface area (Å²) in [5.74, 6) is 0.659. The van der Waals surface area contributed by atoms with Gasteiger partial charge in [0.25, 0.3) is 0 Å². The molecule has 0 bridgehead atoms. The van der Waals surface area contributed by atoms with Crippen LogP contribution in [0.25, 0.3) is 0 Å². The van der Waals surface area contributed by atoms with Gasteiger partial charge in [-0.05, 0) is 24.3 Å². The zero-order valence-corrected chi connectivity index (χ0v) is 10.6. The van der Waals surface area contributed by atoms with Crippen LogP contribution in [0.5, 0.6) is 5.75 Å². The van der Waals surface area contributed by atoms with Gasteiger partial charge in [-0.2, -0.15) is 0 Å². The first kappa shape index (κ1) is 12.6. The predicted octanol–water partition coefficient (Wildman–Crippen LogP) is 2.54. The summed E-state index contributed by atoms with van der Waals surface area (Å²) >= 11 is 0. The second-order valence-electron chi connectivity index (χ2n) is 3.79. The quantitative estimate of drug-likeness (QED) is 0.831. The Morgan fingerprint density at radius 1 is 0.833 bits per heavy atom. The largest absolute Gasteiger partial charge is 0.493 e. The maximum Gasteiger partial charge on any atom is 0.181 e. The van der Waals surface area contributed by atoms with Crippen LogP contribution in [0, 0.1) is 0 Å². The molecule has 2 aromatic rings. The van der Waals surface area contributed by atoms with Crippen molar-refractivity contribution in [1.82, 2.24) is 0 Å². The number of hydrogen-bond acceptors (Lipinski definition) is 3. The van der Waals surface area contributed by atoms with E-state index < -0.39 is 9.84 Å². The van der Waals surface area contributed by atoms with Crippen molar-refractivity contribution in [2.45, 2.75) is 4.90 Å². The Kier molecular flexibility index (Phi) is 3.99. The Morgan fingerprint density at radius 2 is 1.39 bits per heavy atom. The Morgan fingerprint density at radius 3 is 2.00 bits per heavy atom. The van der Waals surface area contributed by atoms with E-state index in [4.69, 9.17) is 4.74 Å². The standard InChI is InChI=1S/C14H14O3S/c15-18(16,14-9-5-2-6-10-14)12-11-17-13-7-3-1-4-8-13/h1-10H,11-12H2. The van der Waals surface area contributed by atoms with Crippen LogP contribution in [-0.2, 0) is 9.84 Å². The summed E-state index contributed by atoms with van der Waals surface area (Å²) in [6.07, 6.45) is 0. The number of ether oxygens (including phenoxy) is 1. The van der Waals surface area contributed by atoms with E-state index in [1.54, 1.807) is 42.5 Å². The van der Waals surface area contributed by atoms with E-state index in [1.807, 2.05) is 18.2 Å². The van der Waals surface area contributed by atoms with Gasteiger partial charge in [-0.25, -0.2) is 8.42 Å². The van der Waals surface area contributed by atoms with Crippen LogP contribution in [0.3, 0.4) is 0 Å². The smallest absolute Gasteiger partial charge is 0.181 e. The minimum atomic E-state index is -3.26. The average Bonchev–Trinajstić information content (AvgIpc) is 2.41. The Labute approximate surface area is 107 Å². The Hall–Kier alpha value is -1.81. The molecular formula is C14H14O3S. The van der Waals surface area contributed by atoms with E-state index in [-0.39, 0.29) is 12.4 Å². The van der Waals surface area contributed by atoms with Crippen molar-refractivity contribution in [2.75, 3.05) is 12.4 Å². The molecule has 0 atom stereocenters. The zero-order chi connectivity index (χ0) is 12.8. The van der Waals surface area contributed by atoms with Crippen molar-refractivity contribution in [2.24, 2.45) is 0 Å². The fraction of sp³-hybridized carbons (Fsp3) is 0.143. The highest BCUT2D eigenvalue weighted by Gasteiger charge is 2.13. The highest BCUT2D eigenvalue weighted by molar-refractivity contribution is 7.91. The first-order chi connectivity index (χ1) is 8.68. The molecule has 2 rings (SSSR count). The van der Waals surface area contributed by atoms with Gasteiger partial charge in [-0.15, -0.1) is 0 Å². The van der Waals surface area contributed by atoms with Gasteiger partial charge < -0.3 is 4.74 Å². The van der Waals surface area contributed by atoms with Crippen molar-refractivity contribution in [3.05, 3.63) is 60.7 Å². The molecule has 18 heavy (non-hydrogen) atoms. The lowest BCUT2D eigenvalue weighted by molar-refractivity contribution is 0.341. The third-order valence-electron chi connectivity index (χ3n) is 2.47. The van der Waals surface area contributed by atoms with Crippen LogP contribution in [0.2, 0.25) is 0 Å². The van der Waals surface area contributed by atoms with E-state index >= 15 is 0 Å². The number of benzene rings is 2. The molecule has 0 spiro atoms. The molecule has 0 saturated carbocycles. The highest BCUT2D eigenvalue weighted by Crippen LogP contribution is 2.12. The second kappa shape index (κ2) is 5.69. The van der Waals surface area contributed by atoms with Crippen LogP contribution >= 0.6 is 0 Å². The van der Waals surface area contributed by atoms with Gasteiger partial charge in [0.05, 0.1) is 10.6 Å². The summed E-state index contributed by atoms with van der Waals surface area (Å²) in [5, 5.41) is 0. The summed E-state index contributed by atoms with van der Waals surface area (Å²) in [6.45, 7) is 0.154. The van der Waals surface area contributed by atoms with Gasteiger partial charge in [0, 0.05) is 0 Å². The summed E-state index contributed by atoms with van der Waals surface area (Å²) in [4.78, 5) is 0.335. The Bertz CT molecular complexity index is 577. The molecule has 0 aliphatic rings. The van der Waals surface area contributed by atoms with Gasteiger partial charge >= 0.3 is 0 Å². The molecule has 0 N–H and O–H groups in total. The van der Waals surface area contributed by atoms with Crippen molar-refractivity contribution in [3.8, 4) is 5.75 Å². The van der Waals surface area contributed by atoms with Crippen LogP contribution < -0.4 is 4.74 Å². The minimum absolute atomic E-state index is 0.0219. The fourth-order valence-corrected chi connectivity index (χ4v) is 2.64. The summed E-state index contributed by atoms with van der Waals surface area (Å²) in [6, 6.07) is 17.6. The van der Waals surface area contributed by atoms with Gasteiger partial charge in [0.15, 0.2) is 9.84 Å². The molecule has 0 aliphatic heterocycles. The molecule has 0 radical (unpaired) electrons. The summed E-state index contributed by atoms with van der Waals surface area (Å²) in [5.41, 5.74) is 0. The van der Waals surface area contributed by atoms with Gasteiger partial charge in [-0.1, -0.05) is 36.4 Å². The lowest BCUT2D eigenvalue weighted by atomic mass is 10.3. The Balaban J connectivity index is 1.95. The lowest BCUT2D eigenvalue weighted by Crippen LogP contribution is -2.14. The van der Waals surface area contributed by atoms with E-state index in [1.165, 1.54) is 0 Å². The molecule has 0 fully saturated rings. The van der Waals surface area contributed by atoms with Crippen LogP contribution in [0.1, 0.15) is 0 Å². The van der Waals surface area contributed by atoms with Gasteiger partial charge in [0.1, 0.15) is 12.4 Å². The normalized spacial score (nSPS) is 11.1. The topological polar surface area (TPSA) is 43.4 Å². The molecule has 94 valence electrons. The average molecular weight is 262 g/mol. The second-order valence-corrected chi connectivity index (χ2v) is 5.90. The fourth-order valence-electron chi connectivity index (χ4n) is 1.53. The molecule has 0 saturated heterocycles. The molecule has 0 unspecified atom stereocenters. The monoisotopic (exact) mass is 262 g/mol. The predicted molar refractivity (Wildman–Crippen MR) is 70.4 cm³/mol. The zero-order valence-electron chi connectivity index (χ0n) is 9.82. The molecule has 3 nitrogen and oxygen atoms in total. The first-order valence-electron chi connectivity index (χ1n) is 5.64. The first-order valence-corrected chi connectivity index (χ1v) is 7.29. The third kappa shape index (κ3) is 3.34. The number of para-hydroxylation sites is 1. The van der Waals surface area contributed by atoms with Crippen LogP contribution in [0.15, 0.2) is 65.6 Å². The van der Waals surface area contributed by atoms with Crippen LogP contribution in [0.4, 0.5) is 0 Å². The minimum Gasteiger partial charge on any atom is -0.493 e. The van der Waals surface area contributed by atoms with Crippen molar-refractivity contribution in [3.63, 3.8) is 0 Å². The molecule has 2 aromatic carbocycles. The number of sulfone groups is 1. The lowest BCUT2D eigenvalue weighted by Gasteiger charge is -2.06. The molecule has 0 heterocycles. The van der Waals surface area contributed by atoms with E-state index in [2.05, 4.69) is 0 Å². The summed E-state index contributed by atoms with van der Waals surface area (Å²) < 4.78 is 29.3. The maximum absolute atomic E-state index is 11.9. The van der Waals surface area contributed by atoms with E-state index in [0.717, 1.165) is 0 Å². The molecule has 0 amide bonds. The van der Waals surface area contributed by atoms with Gasteiger partial charge in [-0.3, -0.25) is 0 Å². The third-order valence-corrected chi connectivity index (χ3v) is 4.16. The SMILES string of the molecule is O=S(=O)(CCOc1ccccc1)c1ccccc1. The number of rotatable bonds is 5. The van der Waals surface area contributed by atoms with Crippen molar-refractivity contribution < 1.29 is 13.2 Å². The van der Waals surface area contributed by atoms with E-state index in [0.29, 0.717) is 10.6 Å². The molecular weight excluding hydrogens is 248 g/mol. The number of hydrogen-bond donors (Lipinski definition) is 0. The van der Waals surface area contributed by atoms with Crippen molar-refractivity contribution in [1.29, 1.82) is 0 Å². The highest BCUT2D eigenvalue weighted by atomic mass is 32.2. The van der Waals surface area contributed by atoms with Crippen LogP contribution in [-0.4, -0.2) is 20.8 Å². The molecule has 0 aromatic heterocycles. The molecule has 0 aliphatic carbocycles. The van der Waals surface area contributed by atoms with Crippen molar-refractivity contribution >= 4 is 9.84 Å². The molecule has 4 heteroatoms. The van der Waals surface area contributed by atoms with E-state index in [9.17, 15) is 8.42 Å². The summed E-state index contributed by atoms with van der Waals surface area (Å²) in [7, 11) is -3.26. The maximum atomic E-state index is 11.9. The van der Waals surface area contributed by atoms with Gasteiger partial charge in [0.2, 0.25) is 0 Å².